The van der Waals surface area contributed by atoms with Gasteiger partial charge in [-0.15, -0.1) is 0 Å². The minimum atomic E-state index is 0.237. The van der Waals surface area contributed by atoms with Gasteiger partial charge in [0.05, 0.1) is 0 Å². The average molecular weight is 265 g/mol. The highest BCUT2D eigenvalue weighted by Gasteiger charge is 2.27. The molecule has 102 valence electrons. The van der Waals surface area contributed by atoms with Crippen LogP contribution in [0.25, 0.3) is 0 Å². The summed E-state index contributed by atoms with van der Waals surface area (Å²) in [7, 11) is 0. The first-order chi connectivity index (χ1) is 9.79. The molecule has 0 aromatic heterocycles. The summed E-state index contributed by atoms with van der Waals surface area (Å²) in [6.07, 6.45) is 0.573. The number of carbonyl (C=O) groups excluding carboxylic acids is 1. The molecular formula is C18H19NO. The van der Waals surface area contributed by atoms with Crippen LogP contribution in [0.15, 0.2) is 54.6 Å². The third-order valence-electron chi connectivity index (χ3n) is 4.05. The lowest BCUT2D eigenvalue weighted by Crippen LogP contribution is -2.38. The standard InChI is InChI=1S/C18H19NO/c1-2-18(20)19-12-15-10-6-7-11-16(15)17(13-19)14-8-4-3-5-9-14/h3-11,17H,2,12-13H2,1H3/t17-/m0/s1. The zero-order valence-electron chi connectivity index (χ0n) is 11.8. The van der Waals surface area contributed by atoms with Crippen LogP contribution in [0.2, 0.25) is 0 Å². The van der Waals surface area contributed by atoms with Crippen molar-refractivity contribution in [3.63, 3.8) is 0 Å². The van der Waals surface area contributed by atoms with Crippen LogP contribution in [0, 0.1) is 0 Å². The number of hydrogen-bond donors (Lipinski definition) is 0. The van der Waals surface area contributed by atoms with Gasteiger partial charge in [0.1, 0.15) is 0 Å². The Kier molecular flexibility index (Phi) is 3.55. The predicted octanol–water partition coefficient (Wildman–Crippen LogP) is 3.57. The van der Waals surface area contributed by atoms with Crippen molar-refractivity contribution in [2.75, 3.05) is 6.54 Å². The molecule has 1 aliphatic rings. The van der Waals surface area contributed by atoms with Crippen molar-refractivity contribution in [1.82, 2.24) is 4.90 Å². The van der Waals surface area contributed by atoms with Crippen molar-refractivity contribution in [1.29, 1.82) is 0 Å². The van der Waals surface area contributed by atoms with Crippen LogP contribution in [0.5, 0.6) is 0 Å². The predicted molar refractivity (Wildman–Crippen MR) is 80.4 cm³/mol. The smallest absolute Gasteiger partial charge is 0.222 e. The van der Waals surface area contributed by atoms with E-state index in [1.807, 2.05) is 17.9 Å². The van der Waals surface area contributed by atoms with Crippen LogP contribution in [0.3, 0.4) is 0 Å². The number of amides is 1. The van der Waals surface area contributed by atoms with Gasteiger partial charge in [0.2, 0.25) is 5.91 Å². The number of fused-ring (bicyclic) bond motifs is 1. The van der Waals surface area contributed by atoms with Crippen molar-refractivity contribution < 1.29 is 4.79 Å². The van der Waals surface area contributed by atoms with Crippen LogP contribution in [0.1, 0.15) is 36.0 Å². The molecule has 1 aliphatic heterocycles. The number of carbonyl (C=O) groups is 1. The molecule has 0 unspecified atom stereocenters. The van der Waals surface area contributed by atoms with Crippen molar-refractivity contribution in [3.8, 4) is 0 Å². The minimum Gasteiger partial charge on any atom is -0.337 e. The van der Waals surface area contributed by atoms with E-state index in [0.29, 0.717) is 6.42 Å². The summed E-state index contributed by atoms with van der Waals surface area (Å²) in [5, 5.41) is 0. The van der Waals surface area contributed by atoms with Gasteiger partial charge in [-0.05, 0) is 16.7 Å². The fourth-order valence-electron chi connectivity index (χ4n) is 2.99. The Bertz CT molecular complexity index is 606. The highest BCUT2D eigenvalue weighted by atomic mass is 16.2. The van der Waals surface area contributed by atoms with Crippen molar-refractivity contribution >= 4 is 5.91 Å². The molecule has 0 saturated carbocycles. The molecule has 2 nitrogen and oxygen atoms in total. The van der Waals surface area contributed by atoms with E-state index in [9.17, 15) is 4.79 Å². The van der Waals surface area contributed by atoms with E-state index in [-0.39, 0.29) is 11.8 Å². The van der Waals surface area contributed by atoms with E-state index < -0.39 is 0 Å². The number of nitrogens with zero attached hydrogens (tertiary/aromatic N) is 1. The van der Waals surface area contributed by atoms with Gasteiger partial charge in [-0.1, -0.05) is 61.5 Å². The topological polar surface area (TPSA) is 20.3 Å². The summed E-state index contributed by atoms with van der Waals surface area (Å²) in [6.45, 7) is 3.46. The van der Waals surface area contributed by atoms with E-state index in [1.54, 1.807) is 0 Å². The average Bonchev–Trinajstić information content (AvgIpc) is 2.54. The molecule has 0 radical (unpaired) electrons. The third kappa shape index (κ3) is 2.34. The molecule has 0 saturated heterocycles. The number of benzene rings is 2. The highest BCUT2D eigenvalue weighted by molar-refractivity contribution is 5.76. The van der Waals surface area contributed by atoms with Gasteiger partial charge < -0.3 is 4.90 Å². The van der Waals surface area contributed by atoms with Crippen molar-refractivity contribution in [2.45, 2.75) is 25.8 Å². The Balaban J connectivity index is 2.02. The van der Waals surface area contributed by atoms with Crippen molar-refractivity contribution in [2.24, 2.45) is 0 Å². The molecule has 2 aromatic carbocycles. The zero-order valence-corrected chi connectivity index (χ0v) is 11.8. The minimum absolute atomic E-state index is 0.237. The molecule has 2 heteroatoms. The molecule has 1 amide bonds. The lowest BCUT2D eigenvalue weighted by atomic mass is 9.84. The first kappa shape index (κ1) is 12.9. The largest absolute Gasteiger partial charge is 0.337 e. The lowest BCUT2D eigenvalue weighted by Gasteiger charge is -2.35. The fraction of sp³-hybridized carbons (Fsp3) is 0.278. The van der Waals surface area contributed by atoms with E-state index >= 15 is 0 Å². The summed E-state index contributed by atoms with van der Waals surface area (Å²) >= 11 is 0. The van der Waals surface area contributed by atoms with Gasteiger partial charge in [0, 0.05) is 25.4 Å². The SMILES string of the molecule is CCC(=O)N1Cc2ccccc2[C@H](c2ccccc2)C1. The maximum Gasteiger partial charge on any atom is 0.222 e. The van der Waals surface area contributed by atoms with Gasteiger partial charge in [-0.3, -0.25) is 4.79 Å². The van der Waals surface area contributed by atoms with Crippen LogP contribution in [-0.2, 0) is 11.3 Å². The number of rotatable bonds is 2. The monoisotopic (exact) mass is 265 g/mol. The quantitative estimate of drug-likeness (QED) is 0.813. The Hall–Kier alpha value is -2.09. The maximum absolute atomic E-state index is 12.1. The lowest BCUT2D eigenvalue weighted by molar-refractivity contribution is -0.132. The van der Waals surface area contributed by atoms with E-state index in [1.165, 1.54) is 16.7 Å². The van der Waals surface area contributed by atoms with Gasteiger partial charge >= 0.3 is 0 Å². The number of hydrogen-bond acceptors (Lipinski definition) is 1. The molecule has 1 heterocycles. The summed E-state index contributed by atoms with van der Waals surface area (Å²) in [5.74, 6) is 0.525. The van der Waals surface area contributed by atoms with Crippen molar-refractivity contribution in [3.05, 3.63) is 71.3 Å². The van der Waals surface area contributed by atoms with Crippen LogP contribution < -0.4 is 0 Å². The first-order valence-electron chi connectivity index (χ1n) is 7.20. The molecule has 0 fully saturated rings. The van der Waals surface area contributed by atoms with Crippen LogP contribution in [0.4, 0.5) is 0 Å². The zero-order chi connectivity index (χ0) is 13.9. The Morgan fingerprint density at radius 2 is 1.80 bits per heavy atom. The summed E-state index contributed by atoms with van der Waals surface area (Å²) < 4.78 is 0. The van der Waals surface area contributed by atoms with E-state index in [0.717, 1.165) is 13.1 Å². The molecular weight excluding hydrogens is 246 g/mol. The molecule has 1 atom stereocenters. The second-order valence-corrected chi connectivity index (χ2v) is 5.29. The van der Waals surface area contributed by atoms with Gasteiger partial charge in [0.15, 0.2) is 0 Å². The Morgan fingerprint density at radius 3 is 2.55 bits per heavy atom. The summed E-state index contributed by atoms with van der Waals surface area (Å²) in [6, 6.07) is 19.0. The van der Waals surface area contributed by atoms with Gasteiger partial charge in [-0.2, -0.15) is 0 Å². The molecule has 0 bridgehead atoms. The normalized spacial score (nSPS) is 17.6. The molecule has 20 heavy (non-hydrogen) atoms. The first-order valence-corrected chi connectivity index (χ1v) is 7.20. The fourth-order valence-corrected chi connectivity index (χ4v) is 2.99. The molecule has 3 rings (SSSR count). The van der Waals surface area contributed by atoms with Crippen LogP contribution >= 0.6 is 0 Å². The summed E-state index contributed by atoms with van der Waals surface area (Å²) in [4.78, 5) is 14.1. The van der Waals surface area contributed by atoms with Crippen LogP contribution in [-0.4, -0.2) is 17.4 Å². The third-order valence-corrected chi connectivity index (χ3v) is 4.05. The second-order valence-electron chi connectivity index (χ2n) is 5.29. The Morgan fingerprint density at radius 1 is 1.10 bits per heavy atom. The summed E-state index contributed by atoms with van der Waals surface area (Å²) in [5.41, 5.74) is 3.92. The highest BCUT2D eigenvalue weighted by Crippen LogP contribution is 2.33. The van der Waals surface area contributed by atoms with E-state index in [4.69, 9.17) is 0 Å². The van der Waals surface area contributed by atoms with E-state index in [2.05, 4.69) is 48.5 Å². The molecule has 0 spiro atoms. The molecule has 0 aliphatic carbocycles. The molecule has 0 N–H and O–H groups in total. The van der Waals surface area contributed by atoms with Gasteiger partial charge in [0.25, 0.3) is 0 Å². The second kappa shape index (κ2) is 5.49. The molecule has 2 aromatic rings. The van der Waals surface area contributed by atoms with Gasteiger partial charge in [-0.25, -0.2) is 0 Å². The maximum atomic E-state index is 12.1. The Labute approximate surface area is 120 Å².